The minimum Gasteiger partial charge on any atom is -0.351 e. The Hall–Kier alpha value is -2.80. The van der Waals surface area contributed by atoms with Gasteiger partial charge >= 0.3 is 0 Å². The van der Waals surface area contributed by atoms with Gasteiger partial charge in [0.15, 0.2) is 5.11 Å². The van der Waals surface area contributed by atoms with Gasteiger partial charge in [0.05, 0.1) is 17.2 Å². The lowest BCUT2D eigenvalue weighted by molar-refractivity contribution is -0.113. The molecule has 0 saturated carbocycles. The van der Waals surface area contributed by atoms with E-state index in [9.17, 15) is 13.6 Å². The van der Waals surface area contributed by atoms with Gasteiger partial charge in [0, 0.05) is 11.4 Å². The first-order valence-corrected chi connectivity index (χ1v) is 8.38. The van der Waals surface area contributed by atoms with Crippen LogP contribution in [0.5, 0.6) is 0 Å². The highest BCUT2D eigenvalue weighted by molar-refractivity contribution is 7.80. The van der Waals surface area contributed by atoms with E-state index in [0.29, 0.717) is 11.4 Å². The van der Waals surface area contributed by atoms with E-state index in [1.807, 2.05) is 19.1 Å². The Morgan fingerprint density at radius 2 is 1.69 bits per heavy atom. The van der Waals surface area contributed by atoms with Crippen molar-refractivity contribution in [3.8, 4) is 0 Å². The van der Waals surface area contributed by atoms with Crippen LogP contribution in [0, 0.1) is 18.6 Å². The topological polar surface area (TPSA) is 53.2 Å². The van der Waals surface area contributed by atoms with Gasteiger partial charge in [-0.3, -0.25) is 4.79 Å². The van der Waals surface area contributed by atoms with Gasteiger partial charge in [0.2, 0.25) is 0 Å². The van der Waals surface area contributed by atoms with Gasteiger partial charge < -0.3 is 16.0 Å². The second-order valence-electron chi connectivity index (χ2n) is 6.03. The number of aryl methyl sites for hydroxylation is 1. The van der Waals surface area contributed by atoms with E-state index >= 15 is 0 Å². The summed E-state index contributed by atoms with van der Waals surface area (Å²) in [6, 6.07) is 9.78. The van der Waals surface area contributed by atoms with Gasteiger partial charge in [-0.05, 0) is 50.3 Å². The van der Waals surface area contributed by atoms with Crippen LogP contribution in [0.4, 0.5) is 14.5 Å². The van der Waals surface area contributed by atoms with E-state index in [0.717, 1.165) is 17.7 Å². The number of halogens is 2. The molecule has 134 valence electrons. The summed E-state index contributed by atoms with van der Waals surface area (Å²) < 4.78 is 28.6. The van der Waals surface area contributed by atoms with Crippen molar-refractivity contribution in [3.05, 3.63) is 76.5 Å². The number of nitrogens with one attached hydrogen (secondary N) is 3. The molecular formula is C19H17F2N3OS. The standard InChI is InChI=1S/C19H17F2N3OS/c1-10-6-8-12(9-7-10)23-18(25)15-11(2)22-19(26)24-17(15)16-13(20)4-3-5-14(16)21/h3-9,17H,1-2H3,(H,23,25)(H2,22,24,26). The van der Waals surface area contributed by atoms with Crippen molar-refractivity contribution in [1.82, 2.24) is 10.6 Å². The lowest BCUT2D eigenvalue weighted by Crippen LogP contribution is -2.46. The Morgan fingerprint density at radius 1 is 1.08 bits per heavy atom. The molecule has 7 heteroatoms. The number of carbonyl (C=O) groups is 1. The predicted octanol–water partition coefficient (Wildman–Crippen LogP) is 3.70. The first kappa shape index (κ1) is 18.0. The Balaban J connectivity index is 2.00. The third-order valence-corrected chi connectivity index (χ3v) is 4.33. The average Bonchev–Trinajstić information content (AvgIpc) is 2.56. The number of amides is 1. The van der Waals surface area contributed by atoms with Gasteiger partial charge in [-0.25, -0.2) is 8.78 Å². The summed E-state index contributed by atoms with van der Waals surface area (Å²) in [6.45, 7) is 3.58. The molecule has 1 aliphatic heterocycles. The number of carbonyl (C=O) groups excluding carboxylic acids is 1. The molecule has 0 aromatic heterocycles. The van der Waals surface area contributed by atoms with Gasteiger partial charge in [0.25, 0.3) is 5.91 Å². The molecule has 0 saturated heterocycles. The van der Waals surface area contributed by atoms with Crippen molar-refractivity contribution in [2.24, 2.45) is 0 Å². The Bertz CT molecular complexity index is 889. The zero-order chi connectivity index (χ0) is 18.8. The second kappa shape index (κ2) is 7.21. The molecule has 2 aromatic rings. The number of allylic oxidation sites excluding steroid dienone is 1. The summed E-state index contributed by atoms with van der Waals surface area (Å²) in [5.74, 6) is -1.97. The fourth-order valence-electron chi connectivity index (χ4n) is 2.83. The first-order chi connectivity index (χ1) is 12.4. The molecule has 1 heterocycles. The number of rotatable bonds is 3. The molecular weight excluding hydrogens is 356 g/mol. The van der Waals surface area contributed by atoms with E-state index in [1.54, 1.807) is 19.1 Å². The fourth-order valence-corrected chi connectivity index (χ4v) is 3.10. The molecule has 1 aliphatic rings. The largest absolute Gasteiger partial charge is 0.351 e. The molecule has 0 aliphatic carbocycles. The molecule has 0 radical (unpaired) electrons. The molecule has 1 atom stereocenters. The van der Waals surface area contributed by atoms with Crippen molar-refractivity contribution in [2.45, 2.75) is 19.9 Å². The van der Waals surface area contributed by atoms with Gasteiger partial charge in [-0.15, -0.1) is 0 Å². The van der Waals surface area contributed by atoms with E-state index < -0.39 is 23.6 Å². The SMILES string of the molecule is CC1=C(C(=O)Nc2ccc(C)cc2)C(c2c(F)cccc2F)NC(=S)N1. The van der Waals surface area contributed by atoms with E-state index in [4.69, 9.17) is 12.2 Å². The molecule has 26 heavy (non-hydrogen) atoms. The maximum absolute atomic E-state index is 14.3. The molecule has 0 fully saturated rings. The van der Waals surface area contributed by atoms with Crippen LogP contribution in [0.2, 0.25) is 0 Å². The van der Waals surface area contributed by atoms with Crippen molar-refractivity contribution < 1.29 is 13.6 Å². The van der Waals surface area contributed by atoms with E-state index in [1.165, 1.54) is 6.07 Å². The van der Waals surface area contributed by atoms with Crippen molar-refractivity contribution in [2.75, 3.05) is 5.32 Å². The molecule has 4 nitrogen and oxygen atoms in total. The van der Waals surface area contributed by atoms with Gasteiger partial charge in [-0.2, -0.15) is 0 Å². The Labute approximate surface area is 155 Å². The smallest absolute Gasteiger partial charge is 0.255 e. The first-order valence-electron chi connectivity index (χ1n) is 7.97. The highest BCUT2D eigenvalue weighted by Gasteiger charge is 2.33. The highest BCUT2D eigenvalue weighted by atomic mass is 32.1. The van der Waals surface area contributed by atoms with Crippen molar-refractivity contribution in [1.29, 1.82) is 0 Å². The minimum atomic E-state index is -1.03. The van der Waals surface area contributed by atoms with Crippen LogP contribution >= 0.6 is 12.2 Å². The third kappa shape index (κ3) is 3.57. The minimum absolute atomic E-state index is 0.170. The molecule has 1 amide bonds. The monoisotopic (exact) mass is 373 g/mol. The number of benzene rings is 2. The van der Waals surface area contributed by atoms with E-state index in [-0.39, 0.29) is 16.2 Å². The van der Waals surface area contributed by atoms with Crippen molar-refractivity contribution >= 4 is 28.9 Å². The van der Waals surface area contributed by atoms with Crippen LogP contribution in [0.3, 0.4) is 0 Å². The molecule has 1 unspecified atom stereocenters. The summed E-state index contributed by atoms with van der Waals surface area (Å²) in [5.41, 5.74) is 2.00. The molecule has 3 rings (SSSR count). The zero-order valence-electron chi connectivity index (χ0n) is 14.2. The van der Waals surface area contributed by atoms with Gasteiger partial charge in [-0.1, -0.05) is 23.8 Å². The van der Waals surface area contributed by atoms with Crippen LogP contribution in [0.15, 0.2) is 53.7 Å². The van der Waals surface area contributed by atoms with Crippen LogP contribution < -0.4 is 16.0 Å². The number of anilines is 1. The van der Waals surface area contributed by atoms with Crippen LogP contribution in [-0.2, 0) is 4.79 Å². The summed E-state index contributed by atoms with van der Waals surface area (Å²) in [5, 5.41) is 8.58. The lowest BCUT2D eigenvalue weighted by Gasteiger charge is -2.30. The van der Waals surface area contributed by atoms with Crippen LogP contribution in [0.25, 0.3) is 0 Å². The van der Waals surface area contributed by atoms with Crippen LogP contribution in [-0.4, -0.2) is 11.0 Å². The lowest BCUT2D eigenvalue weighted by atomic mass is 9.94. The maximum Gasteiger partial charge on any atom is 0.255 e. The second-order valence-corrected chi connectivity index (χ2v) is 6.43. The normalized spacial score (nSPS) is 16.8. The van der Waals surface area contributed by atoms with Gasteiger partial charge in [0.1, 0.15) is 11.6 Å². The summed E-state index contributed by atoms with van der Waals surface area (Å²) >= 11 is 5.10. The summed E-state index contributed by atoms with van der Waals surface area (Å²) in [7, 11) is 0. The fraction of sp³-hybridized carbons (Fsp3) is 0.158. The molecule has 3 N–H and O–H groups in total. The Morgan fingerprint density at radius 3 is 2.31 bits per heavy atom. The summed E-state index contributed by atoms with van der Waals surface area (Å²) in [6.07, 6.45) is 0. The number of thiocarbonyl (C=S) groups is 1. The molecule has 0 spiro atoms. The zero-order valence-corrected chi connectivity index (χ0v) is 15.0. The Kier molecular flexibility index (Phi) is 4.99. The molecule has 2 aromatic carbocycles. The molecule has 0 bridgehead atoms. The van der Waals surface area contributed by atoms with Crippen LogP contribution in [0.1, 0.15) is 24.1 Å². The average molecular weight is 373 g/mol. The highest BCUT2D eigenvalue weighted by Crippen LogP contribution is 2.31. The summed E-state index contributed by atoms with van der Waals surface area (Å²) in [4.78, 5) is 12.8. The maximum atomic E-state index is 14.3. The van der Waals surface area contributed by atoms with E-state index in [2.05, 4.69) is 16.0 Å². The predicted molar refractivity (Wildman–Crippen MR) is 100 cm³/mol. The quantitative estimate of drug-likeness (QED) is 0.718. The number of hydrogen-bond donors (Lipinski definition) is 3. The van der Waals surface area contributed by atoms with Crippen molar-refractivity contribution in [3.63, 3.8) is 0 Å². The number of hydrogen-bond acceptors (Lipinski definition) is 2. The third-order valence-electron chi connectivity index (χ3n) is 4.11.